The van der Waals surface area contributed by atoms with E-state index in [1.807, 2.05) is 17.0 Å². The highest BCUT2D eigenvalue weighted by molar-refractivity contribution is 14.0. The van der Waals surface area contributed by atoms with Crippen molar-refractivity contribution >= 4 is 41.7 Å². The molecule has 19 heavy (non-hydrogen) atoms. The van der Waals surface area contributed by atoms with E-state index in [1.54, 1.807) is 12.3 Å². The van der Waals surface area contributed by atoms with Crippen molar-refractivity contribution in [1.29, 1.82) is 0 Å². The highest BCUT2D eigenvalue weighted by atomic mass is 127. The molecule has 0 bridgehead atoms. The van der Waals surface area contributed by atoms with E-state index in [9.17, 15) is 4.79 Å². The normalized spacial score (nSPS) is 14.9. The van der Waals surface area contributed by atoms with Gasteiger partial charge in [0.25, 0.3) is 0 Å². The third kappa shape index (κ3) is 5.01. The van der Waals surface area contributed by atoms with Gasteiger partial charge in [0.1, 0.15) is 12.4 Å². The summed E-state index contributed by atoms with van der Waals surface area (Å²) in [6.07, 6.45) is 3.82. The summed E-state index contributed by atoms with van der Waals surface area (Å²) in [4.78, 5) is 21.6. The molecule has 0 atom stereocenters. The van der Waals surface area contributed by atoms with Gasteiger partial charge < -0.3 is 16.0 Å². The average molecular weight is 375 g/mol. The number of nitrogens with zero attached hydrogens (tertiary/aromatic N) is 3. The van der Waals surface area contributed by atoms with Crippen molar-refractivity contribution in [2.75, 3.05) is 25.0 Å². The largest absolute Gasteiger partial charge is 0.370 e. The Morgan fingerprint density at radius 2 is 2.16 bits per heavy atom. The number of likely N-dealkylation sites (tertiary alicyclic amines) is 1. The number of rotatable bonds is 3. The number of pyridine rings is 1. The van der Waals surface area contributed by atoms with Crippen molar-refractivity contribution in [1.82, 2.24) is 9.88 Å². The zero-order chi connectivity index (χ0) is 12.8. The Morgan fingerprint density at radius 1 is 1.42 bits per heavy atom. The minimum absolute atomic E-state index is 0. The van der Waals surface area contributed by atoms with Gasteiger partial charge in [-0.05, 0) is 25.0 Å². The number of aromatic nitrogens is 1. The molecule has 2 rings (SSSR count). The van der Waals surface area contributed by atoms with Gasteiger partial charge in [-0.3, -0.25) is 4.79 Å². The summed E-state index contributed by atoms with van der Waals surface area (Å²) in [7, 11) is 0. The predicted octanol–water partition coefficient (Wildman–Crippen LogP) is 1.05. The number of hydrogen-bond acceptors (Lipinski definition) is 3. The van der Waals surface area contributed by atoms with Gasteiger partial charge in [-0.2, -0.15) is 0 Å². The molecule has 1 aliphatic rings. The van der Waals surface area contributed by atoms with Gasteiger partial charge in [-0.15, -0.1) is 24.0 Å². The first-order valence-electron chi connectivity index (χ1n) is 6.01. The van der Waals surface area contributed by atoms with Crippen LogP contribution in [0.3, 0.4) is 0 Å². The number of guanidine groups is 1. The van der Waals surface area contributed by atoms with E-state index in [4.69, 9.17) is 5.73 Å². The molecule has 0 unspecified atom stereocenters. The van der Waals surface area contributed by atoms with Crippen molar-refractivity contribution in [3.63, 3.8) is 0 Å². The van der Waals surface area contributed by atoms with Gasteiger partial charge in [0.2, 0.25) is 5.91 Å². The van der Waals surface area contributed by atoms with Crippen LogP contribution in [0.5, 0.6) is 0 Å². The van der Waals surface area contributed by atoms with Gasteiger partial charge in [-0.1, -0.05) is 6.07 Å². The SMILES string of the molecule is I.NC(=NCC(=O)N1CCCC1)Nc1ccccn1. The van der Waals surface area contributed by atoms with Crippen molar-refractivity contribution in [2.45, 2.75) is 12.8 Å². The molecule has 1 fully saturated rings. The Labute approximate surface area is 129 Å². The van der Waals surface area contributed by atoms with E-state index < -0.39 is 0 Å². The molecule has 7 heteroatoms. The van der Waals surface area contributed by atoms with Crippen LogP contribution in [0, 0.1) is 0 Å². The smallest absolute Gasteiger partial charge is 0.244 e. The van der Waals surface area contributed by atoms with Crippen LogP contribution in [0.15, 0.2) is 29.4 Å². The first kappa shape index (κ1) is 15.7. The van der Waals surface area contributed by atoms with Gasteiger partial charge in [0.05, 0.1) is 0 Å². The molecule has 0 spiro atoms. The lowest BCUT2D eigenvalue weighted by Gasteiger charge is -2.13. The molecule has 0 aliphatic carbocycles. The highest BCUT2D eigenvalue weighted by Gasteiger charge is 2.16. The number of nitrogens with two attached hydrogens (primary N) is 1. The van der Waals surface area contributed by atoms with E-state index in [1.165, 1.54) is 0 Å². The van der Waals surface area contributed by atoms with E-state index in [-0.39, 0.29) is 42.4 Å². The summed E-state index contributed by atoms with van der Waals surface area (Å²) < 4.78 is 0. The minimum atomic E-state index is 0. The molecular formula is C12H18IN5O. The average Bonchev–Trinajstić information content (AvgIpc) is 2.91. The summed E-state index contributed by atoms with van der Waals surface area (Å²) in [5.41, 5.74) is 5.68. The fraction of sp³-hybridized carbons (Fsp3) is 0.417. The Hall–Kier alpha value is -1.38. The zero-order valence-electron chi connectivity index (χ0n) is 10.6. The lowest BCUT2D eigenvalue weighted by molar-refractivity contribution is -0.128. The lowest BCUT2D eigenvalue weighted by Crippen LogP contribution is -2.31. The van der Waals surface area contributed by atoms with Crippen LogP contribution in [-0.4, -0.2) is 41.4 Å². The summed E-state index contributed by atoms with van der Waals surface area (Å²) in [6.45, 7) is 1.76. The Kier molecular flexibility index (Phi) is 6.54. The molecule has 0 saturated carbocycles. The molecule has 104 valence electrons. The second-order valence-electron chi connectivity index (χ2n) is 4.13. The van der Waals surface area contributed by atoms with Crippen LogP contribution in [-0.2, 0) is 4.79 Å². The number of carbonyl (C=O) groups is 1. The Balaban J connectivity index is 0.00000180. The lowest BCUT2D eigenvalue weighted by atomic mass is 10.4. The number of carbonyl (C=O) groups excluding carboxylic acids is 1. The number of hydrogen-bond donors (Lipinski definition) is 2. The Morgan fingerprint density at radius 3 is 2.79 bits per heavy atom. The quantitative estimate of drug-likeness (QED) is 0.470. The van der Waals surface area contributed by atoms with Crippen LogP contribution in [0.25, 0.3) is 0 Å². The van der Waals surface area contributed by atoms with Crippen LogP contribution in [0.4, 0.5) is 5.82 Å². The first-order chi connectivity index (χ1) is 8.75. The number of aliphatic imine (C=N–C) groups is 1. The molecule has 0 aromatic carbocycles. The second-order valence-corrected chi connectivity index (χ2v) is 4.13. The minimum Gasteiger partial charge on any atom is -0.370 e. The maximum Gasteiger partial charge on any atom is 0.244 e. The summed E-state index contributed by atoms with van der Waals surface area (Å²) in [5, 5.41) is 2.83. The first-order valence-corrected chi connectivity index (χ1v) is 6.01. The van der Waals surface area contributed by atoms with Crippen molar-refractivity contribution in [2.24, 2.45) is 10.7 Å². The highest BCUT2D eigenvalue weighted by Crippen LogP contribution is 2.07. The topological polar surface area (TPSA) is 83.6 Å². The van der Waals surface area contributed by atoms with Crippen molar-refractivity contribution in [3.8, 4) is 0 Å². The number of amides is 1. The molecule has 1 aromatic rings. The van der Waals surface area contributed by atoms with E-state index >= 15 is 0 Å². The predicted molar refractivity (Wildman–Crippen MR) is 85.6 cm³/mol. The van der Waals surface area contributed by atoms with Crippen molar-refractivity contribution < 1.29 is 4.79 Å². The summed E-state index contributed by atoms with van der Waals surface area (Å²) in [6, 6.07) is 5.44. The second kappa shape index (κ2) is 7.93. The fourth-order valence-electron chi connectivity index (χ4n) is 1.83. The number of nitrogens with one attached hydrogen (secondary N) is 1. The zero-order valence-corrected chi connectivity index (χ0v) is 12.9. The summed E-state index contributed by atoms with van der Waals surface area (Å²) in [5.74, 6) is 0.854. The monoisotopic (exact) mass is 375 g/mol. The van der Waals surface area contributed by atoms with Crippen LogP contribution < -0.4 is 11.1 Å². The number of anilines is 1. The molecular weight excluding hydrogens is 357 g/mol. The van der Waals surface area contributed by atoms with Gasteiger partial charge in [-0.25, -0.2) is 9.98 Å². The van der Waals surface area contributed by atoms with Gasteiger partial charge in [0, 0.05) is 19.3 Å². The van der Waals surface area contributed by atoms with Crippen LogP contribution in [0.2, 0.25) is 0 Å². The standard InChI is InChI=1S/C12H17N5O.HI/c13-12(16-10-5-1-2-6-14-10)15-9-11(18)17-7-3-4-8-17;/h1-2,5-6H,3-4,7-9H2,(H3,13,14,15,16);1H. The van der Waals surface area contributed by atoms with E-state index in [0.717, 1.165) is 25.9 Å². The van der Waals surface area contributed by atoms with Crippen molar-refractivity contribution in [3.05, 3.63) is 24.4 Å². The third-order valence-corrected chi connectivity index (χ3v) is 2.76. The molecule has 1 aromatic heterocycles. The molecule has 1 aliphatic heterocycles. The fourth-order valence-corrected chi connectivity index (χ4v) is 1.83. The van der Waals surface area contributed by atoms with Crippen LogP contribution in [0.1, 0.15) is 12.8 Å². The molecule has 3 N–H and O–H groups in total. The molecule has 1 saturated heterocycles. The van der Waals surface area contributed by atoms with Gasteiger partial charge in [0.15, 0.2) is 5.96 Å². The molecule has 2 heterocycles. The van der Waals surface area contributed by atoms with E-state index in [2.05, 4.69) is 15.3 Å². The molecule has 6 nitrogen and oxygen atoms in total. The van der Waals surface area contributed by atoms with E-state index in [0.29, 0.717) is 5.82 Å². The van der Waals surface area contributed by atoms with Gasteiger partial charge >= 0.3 is 0 Å². The van der Waals surface area contributed by atoms with Crippen LogP contribution >= 0.6 is 24.0 Å². The maximum absolute atomic E-state index is 11.7. The number of halogens is 1. The third-order valence-electron chi connectivity index (χ3n) is 2.76. The maximum atomic E-state index is 11.7. The summed E-state index contributed by atoms with van der Waals surface area (Å²) >= 11 is 0. The Bertz CT molecular complexity index is 431. The molecule has 0 radical (unpaired) electrons. The molecule has 1 amide bonds.